The first-order valence-corrected chi connectivity index (χ1v) is 12.5. The lowest BCUT2D eigenvalue weighted by molar-refractivity contribution is 0.102. The van der Waals surface area contributed by atoms with E-state index in [2.05, 4.69) is 17.6 Å². The molecule has 2 N–H and O–H groups in total. The molecule has 1 unspecified atom stereocenters. The molecule has 0 aromatic heterocycles. The van der Waals surface area contributed by atoms with E-state index < -0.39 is 0 Å². The van der Waals surface area contributed by atoms with Gasteiger partial charge in [-0.1, -0.05) is 60.7 Å². The first-order chi connectivity index (χ1) is 18.5. The summed E-state index contributed by atoms with van der Waals surface area (Å²) in [6.45, 7) is 2.91. The fourth-order valence-electron chi connectivity index (χ4n) is 4.19. The number of methoxy groups -OCH3 is 2. The number of hydrogen-bond donors (Lipinski definition) is 2. The molecule has 0 saturated carbocycles. The average molecular weight is 509 g/mol. The van der Waals surface area contributed by atoms with Crippen molar-refractivity contribution in [2.75, 3.05) is 26.1 Å². The van der Waals surface area contributed by atoms with Crippen LogP contribution in [0, 0.1) is 0 Å². The predicted molar refractivity (Wildman–Crippen MR) is 150 cm³/mol. The first kappa shape index (κ1) is 26.6. The van der Waals surface area contributed by atoms with E-state index in [9.17, 15) is 9.59 Å². The van der Waals surface area contributed by atoms with Crippen LogP contribution in [0.15, 0.2) is 97.1 Å². The zero-order valence-electron chi connectivity index (χ0n) is 21.9. The van der Waals surface area contributed by atoms with E-state index >= 15 is 0 Å². The number of rotatable bonds is 11. The number of hydrogen-bond acceptors (Lipinski definition) is 5. The summed E-state index contributed by atoms with van der Waals surface area (Å²) >= 11 is 0. The van der Waals surface area contributed by atoms with Gasteiger partial charge in [0, 0.05) is 28.4 Å². The number of anilines is 1. The SMILES string of the molecule is COc1ccc(C(C)NCCc2ccc(NC(=O)c3cccc(C(=O)c4ccccc4)c3)cc2)cc1OC. The molecule has 1 amide bonds. The highest BCUT2D eigenvalue weighted by atomic mass is 16.5. The van der Waals surface area contributed by atoms with Crippen molar-refractivity contribution < 1.29 is 19.1 Å². The van der Waals surface area contributed by atoms with Gasteiger partial charge in [-0.15, -0.1) is 0 Å². The van der Waals surface area contributed by atoms with Gasteiger partial charge in [-0.05, 0) is 67.4 Å². The third kappa shape index (κ3) is 6.66. The molecule has 4 aromatic rings. The van der Waals surface area contributed by atoms with Crippen LogP contribution in [0.2, 0.25) is 0 Å². The van der Waals surface area contributed by atoms with Crippen LogP contribution in [0.1, 0.15) is 50.4 Å². The minimum atomic E-state index is -0.258. The number of benzene rings is 4. The standard InChI is InChI=1S/C32H32N2O4/c1-22(25-14-17-29(37-2)30(21-25)38-3)33-19-18-23-12-15-28(16-13-23)34-32(36)27-11-7-10-26(20-27)31(35)24-8-5-4-6-9-24/h4-17,20-22,33H,18-19H2,1-3H3,(H,34,36). The molecule has 194 valence electrons. The molecule has 4 rings (SSSR count). The van der Waals surface area contributed by atoms with Crippen molar-refractivity contribution >= 4 is 17.4 Å². The van der Waals surface area contributed by atoms with Crippen molar-refractivity contribution in [1.82, 2.24) is 5.32 Å². The second-order valence-electron chi connectivity index (χ2n) is 8.97. The van der Waals surface area contributed by atoms with E-state index in [0.717, 1.165) is 24.1 Å². The van der Waals surface area contributed by atoms with Crippen LogP contribution in [0.3, 0.4) is 0 Å². The van der Waals surface area contributed by atoms with E-state index in [-0.39, 0.29) is 17.7 Å². The molecular formula is C32H32N2O4. The number of nitrogens with one attached hydrogen (secondary N) is 2. The number of amides is 1. The highest BCUT2D eigenvalue weighted by Gasteiger charge is 2.13. The van der Waals surface area contributed by atoms with Crippen LogP contribution in [-0.2, 0) is 6.42 Å². The molecule has 0 fully saturated rings. The Morgan fingerprint density at radius 3 is 2.13 bits per heavy atom. The molecule has 6 nitrogen and oxygen atoms in total. The summed E-state index contributed by atoms with van der Waals surface area (Å²) in [6, 6.07) is 29.7. The van der Waals surface area contributed by atoms with Crippen molar-refractivity contribution in [1.29, 1.82) is 0 Å². The lowest BCUT2D eigenvalue weighted by atomic mass is 10.0. The van der Waals surface area contributed by atoms with Gasteiger partial charge in [0.05, 0.1) is 14.2 Å². The van der Waals surface area contributed by atoms with Crippen molar-refractivity contribution in [3.05, 3.63) is 125 Å². The number of ether oxygens (including phenoxy) is 2. The molecule has 0 bridgehead atoms. The first-order valence-electron chi connectivity index (χ1n) is 12.5. The van der Waals surface area contributed by atoms with E-state index in [0.29, 0.717) is 33.9 Å². The largest absolute Gasteiger partial charge is 0.493 e. The number of carbonyl (C=O) groups excluding carboxylic acids is 2. The Hall–Kier alpha value is -4.42. The summed E-state index contributed by atoms with van der Waals surface area (Å²) in [5.74, 6) is 1.05. The van der Waals surface area contributed by atoms with Gasteiger partial charge in [-0.25, -0.2) is 0 Å². The second kappa shape index (κ2) is 12.7. The fourth-order valence-corrected chi connectivity index (χ4v) is 4.19. The normalized spacial score (nSPS) is 11.4. The van der Waals surface area contributed by atoms with Crippen LogP contribution >= 0.6 is 0 Å². The predicted octanol–water partition coefficient (Wildman–Crippen LogP) is 6.08. The molecular weight excluding hydrogens is 476 g/mol. The third-order valence-corrected chi connectivity index (χ3v) is 6.41. The third-order valence-electron chi connectivity index (χ3n) is 6.41. The Balaban J connectivity index is 1.30. The smallest absolute Gasteiger partial charge is 0.255 e. The van der Waals surface area contributed by atoms with Gasteiger partial charge in [0.2, 0.25) is 0 Å². The van der Waals surface area contributed by atoms with Crippen molar-refractivity contribution in [2.45, 2.75) is 19.4 Å². The zero-order chi connectivity index (χ0) is 26.9. The van der Waals surface area contributed by atoms with E-state index in [1.807, 2.05) is 60.7 Å². The molecule has 38 heavy (non-hydrogen) atoms. The summed E-state index contributed by atoms with van der Waals surface area (Å²) < 4.78 is 10.7. The van der Waals surface area contributed by atoms with Gasteiger partial charge in [-0.3, -0.25) is 9.59 Å². The molecule has 6 heteroatoms. The van der Waals surface area contributed by atoms with Gasteiger partial charge in [0.25, 0.3) is 5.91 Å². The van der Waals surface area contributed by atoms with Crippen LogP contribution in [0.25, 0.3) is 0 Å². The molecule has 4 aromatic carbocycles. The van der Waals surface area contributed by atoms with Gasteiger partial charge in [-0.2, -0.15) is 0 Å². The maximum absolute atomic E-state index is 12.8. The molecule has 0 spiro atoms. The summed E-state index contributed by atoms with van der Waals surface area (Å²) in [4.78, 5) is 25.6. The van der Waals surface area contributed by atoms with Gasteiger partial charge in [0.1, 0.15) is 0 Å². The number of ketones is 1. The van der Waals surface area contributed by atoms with Gasteiger partial charge < -0.3 is 20.1 Å². The molecule has 1 atom stereocenters. The minimum absolute atomic E-state index is 0.112. The highest BCUT2D eigenvalue weighted by molar-refractivity contribution is 6.11. The Labute approximate surface area is 223 Å². The summed E-state index contributed by atoms with van der Waals surface area (Å²) in [5.41, 5.74) is 4.48. The topological polar surface area (TPSA) is 76.7 Å². The molecule has 0 aliphatic heterocycles. The quantitative estimate of drug-likeness (QED) is 0.240. The molecule has 0 aliphatic rings. The monoisotopic (exact) mass is 508 g/mol. The van der Waals surface area contributed by atoms with Gasteiger partial charge in [0.15, 0.2) is 17.3 Å². The molecule has 0 heterocycles. The van der Waals surface area contributed by atoms with Crippen molar-refractivity contribution in [3.8, 4) is 11.5 Å². The summed E-state index contributed by atoms with van der Waals surface area (Å²) in [7, 11) is 3.26. The van der Waals surface area contributed by atoms with Crippen molar-refractivity contribution in [3.63, 3.8) is 0 Å². The number of carbonyl (C=O) groups is 2. The Morgan fingerprint density at radius 2 is 1.42 bits per heavy atom. The Morgan fingerprint density at radius 1 is 0.737 bits per heavy atom. The Kier molecular flexibility index (Phi) is 8.90. The average Bonchev–Trinajstić information content (AvgIpc) is 2.97. The molecule has 0 saturated heterocycles. The highest BCUT2D eigenvalue weighted by Crippen LogP contribution is 2.29. The van der Waals surface area contributed by atoms with Crippen LogP contribution in [0.4, 0.5) is 5.69 Å². The van der Waals surface area contributed by atoms with Crippen molar-refractivity contribution in [2.24, 2.45) is 0 Å². The molecule has 0 aliphatic carbocycles. The zero-order valence-corrected chi connectivity index (χ0v) is 21.9. The Bertz CT molecular complexity index is 1380. The molecule has 0 radical (unpaired) electrons. The summed E-state index contributed by atoms with van der Waals surface area (Å²) in [5, 5.41) is 6.46. The van der Waals surface area contributed by atoms with Crippen LogP contribution < -0.4 is 20.1 Å². The van der Waals surface area contributed by atoms with E-state index in [1.54, 1.807) is 50.6 Å². The summed E-state index contributed by atoms with van der Waals surface area (Å²) in [6.07, 6.45) is 0.843. The van der Waals surface area contributed by atoms with E-state index in [1.165, 1.54) is 0 Å². The van der Waals surface area contributed by atoms with E-state index in [4.69, 9.17) is 9.47 Å². The minimum Gasteiger partial charge on any atom is -0.493 e. The maximum atomic E-state index is 12.8. The maximum Gasteiger partial charge on any atom is 0.255 e. The van der Waals surface area contributed by atoms with Crippen LogP contribution in [-0.4, -0.2) is 32.5 Å². The second-order valence-corrected chi connectivity index (χ2v) is 8.97. The lowest BCUT2D eigenvalue weighted by Gasteiger charge is -2.16. The van der Waals surface area contributed by atoms with Crippen LogP contribution in [0.5, 0.6) is 11.5 Å². The van der Waals surface area contributed by atoms with Gasteiger partial charge >= 0.3 is 0 Å². The fraction of sp³-hybridized carbons (Fsp3) is 0.188. The lowest BCUT2D eigenvalue weighted by Crippen LogP contribution is -2.21.